The molecule has 1 saturated heterocycles. The smallest absolute Gasteiger partial charge is 0.0793 e. The summed E-state index contributed by atoms with van der Waals surface area (Å²) in [6.45, 7) is 9.08. The van der Waals surface area contributed by atoms with Crippen molar-refractivity contribution in [3.8, 4) is 0 Å². The van der Waals surface area contributed by atoms with Gasteiger partial charge in [0, 0.05) is 18.2 Å². The van der Waals surface area contributed by atoms with Crippen LogP contribution in [0.4, 0.5) is 0 Å². The lowest BCUT2D eigenvalue weighted by Crippen LogP contribution is -2.70. The predicted molar refractivity (Wildman–Crippen MR) is 85.7 cm³/mol. The Hall–Kier alpha value is -0.160. The number of hydrogen-bond donors (Lipinski definition) is 2. The van der Waals surface area contributed by atoms with Crippen molar-refractivity contribution in [2.24, 2.45) is 11.7 Å². The molecule has 1 heterocycles. The second-order valence-electron chi connectivity index (χ2n) is 8.13. The van der Waals surface area contributed by atoms with Crippen LogP contribution in [0.2, 0.25) is 0 Å². The fraction of sp³-hybridized carbons (Fsp3) is 1.00. The van der Waals surface area contributed by atoms with Crippen LogP contribution in [0.15, 0.2) is 0 Å². The number of nitrogens with two attached hydrogens (primary N) is 1. The first-order chi connectivity index (χ1) is 9.79. The third-order valence-corrected chi connectivity index (χ3v) is 5.47. The van der Waals surface area contributed by atoms with E-state index >= 15 is 0 Å². The summed E-state index contributed by atoms with van der Waals surface area (Å²) in [6, 6.07) is 0.0289. The SMILES string of the molecule is CC1(C)CC(CCO)C(N)C(C)(C)N1OC1CCCCC1. The molecule has 2 aliphatic rings. The van der Waals surface area contributed by atoms with Crippen molar-refractivity contribution < 1.29 is 9.94 Å². The van der Waals surface area contributed by atoms with Crippen LogP contribution in [0.1, 0.15) is 72.6 Å². The molecule has 3 N–H and O–H groups in total. The average molecular weight is 298 g/mol. The monoisotopic (exact) mass is 298 g/mol. The summed E-state index contributed by atoms with van der Waals surface area (Å²) in [4.78, 5) is 6.45. The molecule has 0 radical (unpaired) electrons. The van der Waals surface area contributed by atoms with Gasteiger partial charge < -0.3 is 10.8 Å². The third-order valence-electron chi connectivity index (χ3n) is 5.47. The largest absolute Gasteiger partial charge is 0.396 e. The van der Waals surface area contributed by atoms with Crippen LogP contribution < -0.4 is 5.73 Å². The zero-order valence-electron chi connectivity index (χ0n) is 14.3. The average Bonchev–Trinajstić information content (AvgIpc) is 2.43. The first-order valence-electron chi connectivity index (χ1n) is 8.62. The Labute approximate surface area is 130 Å². The summed E-state index contributed by atoms with van der Waals surface area (Å²) in [6.07, 6.45) is 8.33. The number of rotatable bonds is 4. The van der Waals surface area contributed by atoms with Crippen LogP contribution in [0.5, 0.6) is 0 Å². The van der Waals surface area contributed by atoms with Crippen molar-refractivity contribution >= 4 is 0 Å². The van der Waals surface area contributed by atoms with Gasteiger partial charge in [0.15, 0.2) is 0 Å². The van der Waals surface area contributed by atoms with Gasteiger partial charge >= 0.3 is 0 Å². The highest BCUT2D eigenvalue weighted by atomic mass is 16.7. The highest BCUT2D eigenvalue weighted by Gasteiger charge is 2.51. The first kappa shape index (κ1) is 17.2. The lowest BCUT2D eigenvalue weighted by molar-refractivity contribution is -0.318. The Balaban J connectivity index is 2.14. The van der Waals surface area contributed by atoms with Gasteiger partial charge in [-0.15, -0.1) is 0 Å². The summed E-state index contributed by atoms with van der Waals surface area (Å²) in [7, 11) is 0. The lowest BCUT2D eigenvalue weighted by atomic mass is 9.71. The zero-order chi connectivity index (χ0) is 15.7. The summed E-state index contributed by atoms with van der Waals surface area (Å²) in [5.41, 5.74) is 6.27. The number of aliphatic hydroxyl groups excluding tert-OH is 1. The summed E-state index contributed by atoms with van der Waals surface area (Å²) >= 11 is 0. The standard InChI is InChI=1S/C17H34N2O2/c1-16(2)12-13(10-11-20)15(18)17(3,4)19(16)21-14-8-6-5-7-9-14/h13-15,20H,5-12,18H2,1-4H3. The van der Waals surface area contributed by atoms with E-state index in [2.05, 4.69) is 32.8 Å². The maximum absolute atomic E-state index is 9.30. The quantitative estimate of drug-likeness (QED) is 0.838. The Bertz CT molecular complexity index is 338. The zero-order valence-corrected chi connectivity index (χ0v) is 14.3. The van der Waals surface area contributed by atoms with E-state index in [1.165, 1.54) is 19.3 Å². The molecule has 1 aliphatic carbocycles. The van der Waals surface area contributed by atoms with Crippen LogP contribution in [0.25, 0.3) is 0 Å². The summed E-state index contributed by atoms with van der Waals surface area (Å²) < 4.78 is 0. The van der Waals surface area contributed by atoms with Crippen molar-refractivity contribution in [3.05, 3.63) is 0 Å². The molecule has 0 bridgehead atoms. The second kappa shape index (κ2) is 6.53. The number of piperidine rings is 1. The molecule has 124 valence electrons. The Morgan fingerprint density at radius 1 is 1.14 bits per heavy atom. The van der Waals surface area contributed by atoms with Gasteiger partial charge in [-0.2, -0.15) is 5.06 Å². The van der Waals surface area contributed by atoms with Crippen molar-refractivity contribution in [1.82, 2.24) is 5.06 Å². The van der Waals surface area contributed by atoms with E-state index in [4.69, 9.17) is 10.6 Å². The molecular formula is C17H34N2O2. The molecule has 0 spiro atoms. The van der Waals surface area contributed by atoms with Crippen molar-refractivity contribution in [3.63, 3.8) is 0 Å². The highest BCUT2D eigenvalue weighted by Crippen LogP contribution is 2.43. The minimum Gasteiger partial charge on any atom is -0.396 e. The number of hydrogen-bond acceptors (Lipinski definition) is 4. The molecule has 1 saturated carbocycles. The van der Waals surface area contributed by atoms with E-state index in [-0.39, 0.29) is 23.7 Å². The van der Waals surface area contributed by atoms with Crippen molar-refractivity contribution in [1.29, 1.82) is 0 Å². The molecule has 4 heteroatoms. The fourth-order valence-electron chi connectivity index (χ4n) is 4.39. The van der Waals surface area contributed by atoms with Crippen LogP contribution in [-0.4, -0.2) is 40.0 Å². The molecule has 2 atom stereocenters. The van der Waals surface area contributed by atoms with Gasteiger partial charge in [0.05, 0.1) is 11.6 Å². The molecule has 1 aliphatic heterocycles. The Morgan fingerprint density at radius 2 is 1.76 bits per heavy atom. The van der Waals surface area contributed by atoms with Gasteiger partial charge in [-0.1, -0.05) is 19.3 Å². The van der Waals surface area contributed by atoms with Gasteiger partial charge in [0.2, 0.25) is 0 Å². The van der Waals surface area contributed by atoms with Gasteiger partial charge in [0.1, 0.15) is 0 Å². The van der Waals surface area contributed by atoms with Crippen molar-refractivity contribution in [2.75, 3.05) is 6.61 Å². The molecule has 0 amide bonds. The number of nitrogens with zero attached hydrogens (tertiary/aromatic N) is 1. The third kappa shape index (κ3) is 3.61. The van der Waals surface area contributed by atoms with Gasteiger partial charge in [-0.05, 0) is 59.3 Å². The van der Waals surface area contributed by atoms with Gasteiger partial charge in [-0.3, -0.25) is 4.84 Å². The minimum atomic E-state index is -0.209. The van der Waals surface area contributed by atoms with Crippen molar-refractivity contribution in [2.45, 2.75) is 95.9 Å². The molecule has 21 heavy (non-hydrogen) atoms. The van der Waals surface area contributed by atoms with Crippen LogP contribution in [0.3, 0.4) is 0 Å². The highest BCUT2D eigenvalue weighted by molar-refractivity contribution is 5.04. The maximum atomic E-state index is 9.30. The molecule has 2 unspecified atom stereocenters. The van der Waals surface area contributed by atoms with E-state index in [1.54, 1.807) is 0 Å². The number of hydroxylamine groups is 2. The van der Waals surface area contributed by atoms with E-state index < -0.39 is 0 Å². The molecule has 0 aromatic carbocycles. The summed E-state index contributed by atoms with van der Waals surface area (Å²) in [5, 5.41) is 11.5. The maximum Gasteiger partial charge on any atom is 0.0793 e. The van der Waals surface area contributed by atoms with Crippen LogP contribution in [0, 0.1) is 5.92 Å². The first-order valence-corrected chi connectivity index (χ1v) is 8.62. The molecular weight excluding hydrogens is 264 g/mol. The molecule has 0 aromatic heterocycles. The normalized spacial score (nSPS) is 34.0. The van der Waals surface area contributed by atoms with Gasteiger partial charge in [0.25, 0.3) is 0 Å². The van der Waals surface area contributed by atoms with E-state index in [1.807, 2.05) is 0 Å². The topological polar surface area (TPSA) is 58.7 Å². The number of aliphatic hydroxyl groups is 1. The Kier molecular flexibility index (Phi) is 5.35. The predicted octanol–water partition coefficient (Wildman–Crippen LogP) is 2.84. The minimum absolute atomic E-state index is 0.0289. The molecule has 4 nitrogen and oxygen atoms in total. The van der Waals surface area contributed by atoms with E-state index in [0.29, 0.717) is 12.0 Å². The van der Waals surface area contributed by atoms with E-state index in [9.17, 15) is 5.11 Å². The molecule has 2 rings (SSSR count). The van der Waals surface area contributed by atoms with Crippen LogP contribution >= 0.6 is 0 Å². The molecule has 0 aromatic rings. The second-order valence-corrected chi connectivity index (χ2v) is 8.13. The summed E-state index contributed by atoms with van der Waals surface area (Å²) in [5.74, 6) is 0.353. The fourth-order valence-corrected chi connectivity index (χ4v) is 4.39. The lowest BCUT2D eigenvalue weighted by Gasteiger charge is -2.58. The van der Waals surface area contributed by atoms with E-state index in [0.717, 1.165) is 25.7 Å². The van der Waals surface area contributed by atoms with Gasteiger partial charge in [-0.25, -0.2) is 0 Å². The molecule has 2 fully saturated rings. The Morgan fingerprint density at radius 3 is 2.33 bits per heavy atom. The van der Waals surface area contributed by atoms with Crippen LogP contribution in [-0.2, 0) is 4.84 Å².